The van der Waals surface area contributed by atoms with Crippen LogP contribution in [-0.2, 0) is 11.4 Å². The zero-order valence-electron chi connectivity index (χ0n) is 18.1. The van der Waals surface area contributed by atoms with E-state index < -0.39 is 0 Å². The molecule has 0 N–H and O–H groups in total. The van der Waals surface area contributed by atoms with Crippen molar-refractivity contribution in [1.82, 2.24) is 4.90 Å². The highest BCUT2D eigenvalue weighted by molar-refractivity contribution is 7.99. The molecule has 4 heteroatoms. The van der Waals surface area contributed by atoms with Gasteiger partial charge in [0.15, 0.2) is 0 Å². The highest BCUT2D eigenvalue weighted by atomic mass is 32.2. The van der Waals surface area contributed by atoms with Gasteiger partial charge in [-0.05, 0) is 41.0 Å². The van der Waals surface area contributed by atoms with E-state index >= 15 is 0 Å². The van der Waals surface area contributed by atoms with Crippen LogP contribution < -0.4 is 4.74 Å². The number of ether oxygens (including phenoxy) is 1. The zero-order valence-corrected chi connectivity index (χ0v) is 18.9. The largest absolute Gasteiger partial charge is 0.489 e. The van der Waals surface area contributed by atoms with E-state index in [1.165, 1.54) is 5.56 Å². The predicted molar refractivity (Wildman–Crippen MR) is 122 cm³/mol. The second-order valence-corrected chi connectivity index (χ2v) is 10.4. The van der Waals surface area contributed by atoms with E-state index in [1.807, 2.05) is 42.1 Å². The predicted octanol–water partition coefficient (Wildman–Crippen LogP) is 6.30. The fourth-order valence-electron chi connectivity index (χ4n) is 4.00. The minimum absolute atomic E-state index is 0.118. The smallest absolute Gasteiger partial charge is 0.224 e. The van der Waals surface area contributed by atoms with Crippen molar-refractivity contribution in [2.24, 2.45) is 11.3 Å². The number of carbonyl (C=O) groups excluding carboxylic acids is 1. The first kappa shape index (κ1) is 21.8. The second-order valence-electron chi connectivity index (χ2n) is 9.23. The highest BCUT2D eigenvalue weighted by Gasteiger charge is 2.31. The van der Waals surface area contributed by atoms with Gasteiger partial charge in [-0.25, -0.2) is 0 Å². The van der Waals surface area contributed by atoms with Crippen LogP contribution in [0.15, 0.2) is 54.6 Å². The minimum Gasteiger partial charge on any atom is -0.489 e. The maximum absolute atomic E-state index is 12.9. The fourth-order valence-corrected chi connectivity index (χ4v) is 5.28. The molecule has 1 fully saturated rings. The third-order valence-electron chi connectivity index (χ3n) is 5.11. The third kappa shape index (κ3) is 6.53. The average molecular weight is 412 g/mol. The monoisotopic (exact) mass is 411 g/mol. The fraction of sp³-hybridized carbons (Fsp3) is 0.480. The first-order valence-electron chi connectivity index (χ1n) is 10.5. The Morgan fingerprint density at radius 1 is 1.14 bits per heavy atom. The number of hydrogen-bond donors (Lipinski definition) is 0. The molecule has 1 saturated heterocycles. The van der Waals surface area contributed by atoms with E-state index in [2.05, 4.69) is 56.9 Å². The summed E-state index contributed by atoms with van der Waals surface area (Å²) in [6.45, 7) is 10.3. The van der Waals surface area contributed by atoms with Crippen LogP contribution in [0.5, 0.6) is 5.75 Å². The molecule has 0 unspecified atom stereocenters. The van der Waals surface area contributed by atoms with E-state index in [-0.39, 0.29) is 16.7 Å². The summed E-state index contributed by atoms with van der Waals surface area (Å²) >= 11 is 1.85. The number of hydrogen-bond acceptors (Lipinski definition) is 3. The highest BCUT2D eigenvalue weighted by Crippen LogP contribution is 2.39. The number of benzene rings is 2. The molecule has 29 heavy (non-hydrogen) atoms. The molecule has 0 radical (unpaired) electrons. The van der Waals surface area contributed by atoms with Crippen molar-refractivity contribution in [3.63, 3.8) is 0 Å². The van der Waals surface area contributed by atoms with Gasteiger partial charge in [0.1, 0.15) is 17.7 Å². The molecule has 2 aromatic rings. The van der Waals surface area contributed by atoms with Crippen molar-refractivity contribution in [3.8, 4) is 5.75 Å². The van der Waals surface area contributed by atoms with Gasteiger partial charge in [0.25, 0.3) is 0 Å². The maximum Gasteiger partial charge on any atom is 0.224 e. The van der Waals surface area contributed by atoms with Crippen LogP contribution in [0.25, 0.3) is 0 Å². The van der Waals surface area contributed by atoms with Crippen LogP contribution in [-0.4, -0.2) is 23.1 Å². The first-order chi connectivity index (χ1) is 13.8. The number of amides is 1. The molecule has 156 valence electrons. The number of carbonyl (C=O) groups is 1. The molecule has 0 saturated carbocycles. The van der Waals surface area contributed by atoms with Gasteiger partial charge in [-0.1, -0.05) is 70.2 Å². The Morgan fingerprint density at radius 2 is 1.83 bits per heavy atom. The molecule has 0 aromatic heterocycles. The second kappa shape index (κ2) is 9.71. The zero-order chi connectivity index (χ0) is 20.9. The summed E-state index contributed by atoms with van der Waals surface area (Å²) in [5, 5.41) is 0.118. The van der Waals surface area contributed by atoms with Gasteiger partial charge >= 0.3 is 0 Å². The molecule has 1 aliphatic rings. The van der Waals surface area contributed by atoms with Crippen molar-refractivity contribution >= 4 is 17.7 Å². The molecule has 3 rings (SSSR count). The van der Waals surface area contributed by atoms with Gasteiger partial charge in [0, 0.05) is 18.7 Å². The normalized spacial score (nSPS) is 17.9. The molecule has 1 aliphatic heterocycles. The maximum atomic E-state index is 12.9. The molecule has 3 nitrogen and oxygen atoms in total. The van der Waals surface area contributed by atoms with Gasteiger partial charge in [-0.3, -0.25) is 4.79 Å². The van der Waals surface area contributed by atoms with Crippen molar-refractivity contribution < 1.29 is 9.53 Å². The lowest BCUT2D eigenvalue weighted by molar-refractivity contribution is -0.132. The minimum atomic E-state index is 0.118. The number of nitrogens with zero attached hydrogens (tertiary/aromatic N) is 1. The molecular formula is C25H33NO2S. The number of rotatable bonds is 7. The summed E-state index contributed by atoms with van der Waals surface area (Å²) in [5.74, 6) is 2.54. The Balaban J connectivity index is 1.58. The summed E-state index contributed by atoms with van der Waals surface area (Å²) < 4.78 is 5.90. The average Bonchev–Trinajstić information content (AvgIpc) is 3.16. The Labute approximate surface area is 179 Å². The lowest BCUT2D eigenvalue weighted by atomic mass is 9.84. The van der Waals surface area contributed by atoms with Crippen molar-refractivity contribution in [3.05, 3.63) is 65.7 Å². The molecule has 2 aromatic carbocycles. The van der Waals surface area contributed by atoms with Crippen molar-refractivity contribution in [2.45, 2.75) is 52.5 Å². The molecular weight excluding hydrogens is 378 g/mol. The van der Waals surface area contributed by atoms with E-state index in [0.717, 1.165) is 30.0 Å². The molecule has 0 aliphatic carbocycles. The molecule has 0 bridgehead atoms. The Bertz CT molecular complexity index is 783. The quantitative estimate of drug-likeness (QED) is 0.535. The Hall–Kier alpha value is -1.94. The summed E-state index contributed by atoms with van der Waals surface area (Å²) in [4.78, 5) is 15.0. The van der Waals surface area contributed by atoms with Gasteiger partial charge in [-0.15, -0.1) is 11.8 Å². The lowest BCUT2D eigenvalue weighted by Crippen LogP contribution is -2.32. The van der Waals surface area contributed by atoms with Crippen LogP contribution in [0.4, 0.5) is 0 Å². The molecule has 0 spiro atoms. The summed E-state index contributed by atoms with van der Waals surface area (Å²) in [7, 11) is 0. The summed E-state index contributed by atoms with van der Waals surface area (Å²) in [5.41, 5.74) is 2.59. The SMILES string of the molecule is C[C@@H](CC(=O)N1CCS[C@@H]1c1ccc(OCc2ccccc2)cc1)CC(C)(C)C. The standard InChI is InChI=1S/C25H33NO2S/c1-19(17-25(2,3)4)16-23(27)26-14-15-29-24(26)21-10-12-22(13-11-21)28-18-20-8-6-5-7-9-20/h5-13,19,24H,14-18H2,1-4H3/t19-,24+/m0/s1. The van der Waals surface area contributed by atoms with Crippen molar-refractivity contribution in [1.29, 1.82) is 0 Å². The first-order valence-corrected chi connectivity index (χ1v) is 11.5. The van der Waals surface area contributed by atoms with Crippen LogP contribution >= 0.6 is 11.8 Å². The summed E-state index contributed by atoms with van der Waals surface area (Å²) in [6, 6.07) is 18.4. The van der Waals surface area contributed by atoms with Crippen molar-refractivity contribution in [2.75, 3.05) is 12.3 Å². The topological polar surface area (TPSA) is 29.5 Å². The molecule has 2 atom stereocenters. The van der Waals surface area contributed by atoms with E-state index in [1.54, 1.807) is 0 Å². The Kier molecular flexibility index (Phi) is 7.28. The van der Waals surface area contributed by atoms with E-state index in [9.17, 15) is 4.79 Å². The Morgan fingerprint density at radius 3 is 2.48 bits per heavy atom. The van der Waals surface area contributed by atoms with Crippen LogP contribution in [0.1, 0.15) is 57.0 Å². The number of thioether (sulfide) groups is 1. The van der Waals surface area contributed by atoms with Crippen LogP contribution in [0, 0.1) is 11.3 Å². The third-order valence-corrected chi connectivity index (χ3v) is 6.37. The van der Waals surface area contributed by atoms with Gasteiger partial charge in [0.2, 0.25) is 5.91 Å². The van der Waals surface area contributed by atoms with Crippen LogP contribution in [0.2, 0.25) is 0 Å². The van der Waals surface area contributed by atoms with Crippen LogP contribution in [0.3, 0.4) is 0 Å². The molecule has 1 amide bonds. The molecule has 1 heterocycles. The lowest BCUT2D eigenvalue weighted by Gasteiger charge is -2.28. The van der Waals surface area contributed by atoms with Gasteiger partial charge < -0.3 is 9.64 Å². The van der Waals surface area contributed by atoms with E-state index in [4.69, 9.17) is 4.74 Å². The summed E-state index contributed by atoms with van der Waals surface area (Å²) in [6.07, 6.45) is 1.70. The van der Waals surface area contributed by atoms with Gasteiger partial charge in [-0.2, -0.15) is 0 Å². The van der Waals surface area contributed by atoms with Gasteiger partial charge in [0.05, 0.1) is 0 Å². The van der Waals surface area contributed by atoms with E-state index in [0.29, 0.717) is 18.9 Å².